The van der Waals surface area contributed by atoms with Crippen molar-refractivity contribution in [2.75, 3.05) is 26.2 Å². The molecule has 0 radical (unpaired) electrons. The van der Waals surface area contributed by atoms with Crippen molar-refractivity contribution in [3.05, 3.63) is 18.2 Å². The number of carbonyl (C=O) groups is 1. The van der Waals surface area contributed by atoms with Crippen LogP contribution in [-0.4, -0.2) is 46.5 Å². The highest BCUT2D eigenvalue weighted by atomic mass is 16.2. The van der Waals surface area contributed by atoms with Gasteiger partial charge < -0.3 is 14.8 Å². The Morgan fingerprint density at radius 1 is 1.29 bits per heavy atom. The molecular weight excluding hydrogens is 264 g/mol. The van der Waals surface area contributed by atoms with Gasteiger partial charge in [0, 0.05) is 30.4 Å². The van der Waals surface area contributed by atoms with Crippen LogP contribution in [0.3, 0.4) is 0 Å². The molecule has 2 fully saturated rings. The lowest BCUT2D eigenvalue weighted by Gasteiger charge is -2.35. The first-order valence-electron chi connectivity index (χ1n) is 8.18. The van der Waals surface area contributed by atoms with Crippen LogP contribution in [0.5, 0.6) is 0 Å². The van der Waals surface area contributed by atoms with E-state index in [4.69, 9.17) is 0 Å². The van der Waals surface area contributed by atoms with Crippen molar-refractivity contribution in [1.82, 2.24) is 19.8 Å². The van der Waals surface area contributed by atoms with Crippen molar-refractivity contribution < 1.29 is 4.79 Å². The molecule has 5 heteroatoms. The molecule has 116 valence electrons. The highest BCUT2D eigenvalue weighted by Gasteiger charge is 2.32. The Labute approximate surface area is 126 Å². The molecule has 1 N–H and O–H groups in total. The number of likely N-dealkylation sites (tertiary alicyclic amines) is 1. The number of carbonyl (C=O) groups excluding carboxylic acids is 1. The summed E-state index contributed by atoms with van der Waals surface area (Å²) in [5, 5.41) is 3.41. The number of amides is 1. The first-order chi connectivity index (χ1) is 10.2. The largest absolute Gasteiger partial charge is 0.341 e. The van der Waals surface area contributed by atoms with E-state index in [1.807, 2.05) is 17.4 Å². The molecule has 0 aliphatic carbocycles. The average molecular weight is 290 g/mol. The lowest BCUT2D eigenvalue weighted by atomic mass is 9.78. The van der Waals surface area contributed by atoms with E-state index in [1.165, 1.54) is 12.1 Å². The summed E-state index contributed by atoms with van der Waals surface area (Å²) in [6.07, 6.45) is 9.54. The van der Waals surface area contributed by atoms with Gasteiger partial charge in [-0.1, -0.05) is 6.92 Å². The quantitative estimate of drug-likeness (QED) is 0.918. The van der Waals surface area contributed by atoms with Crippen LogP contribution in [-0.2, 0) is 16.8 Å². The van der Waals surface area contributed by atoms with Crippen molar-refractivity contribution in [3.8, 4) is 0 Å². The van der Waals surface area contributed by atoms with E-state index < -0.39 is 0 Å². The van der Waals surface area contributed by atoms with E-state index in [0.29, 0.717) is 6.54 Å². The first kappa shape index (κ1) is 14.6. The van der Waals surface area contributed by atoms with Crippen molar-refractivity contribution in [2.45, 2.75) is 51.0 Å². The minimum absolute atomic E-state index is 0.143. The zero-order chi connectivity index (χ0) is 14.7. The molecule has 21 heavy (non-hydrogen) atoms. The molecule has 2 saturated heterocycles. The van der Waals surface area contributed by atoms with Crippen molar-refractivity contribution in [1.29, 1.82) is 0 Å². The summed E-state index contributed by atoms with van der Waals surface area (Å²) in [5.74, 6) is 0.242. The van der Waals surface area contributed by atoms with Crippen LogP contribution < -0.4 is 5.32 Å². The van der Waals surface area contributed by atoms with Gasteiger partial charge >= 0.3 is 0 Å². The summed E-state index contributed by atoms with van der Waals surface area (Å²) in [5.41, 5.74) is 1.36. The van der Waals surface area contributed by atoms with Gasteiger partial charge in [0.25, 0.3) is 0 Å². The van der Waals surface area contributed by atoms with Crippen LogP contribution in [0.1, 0.15) is 44.7 Å². The fourth-order valence-corrected chi connectivity index (χ4v) is 3.57. The van der Waals surface area contributed by atoms with E-state index in [2.05, 4.69) is 21.8 Å². The molecule has 2 aliphatic rings. The van der Waals surface area contributed by atoms with Crippen molar-refractivity contribution >= 4 is 5.91 Å². The third-order valence-corrected chi connectivity index (χ3v) is 5.05. The molecule has 0 bridgehead atoms. The molecule has 3 heterocycles. The number of aromatic nitrogens is 2. The van der Waals surface area contributed by atoms with E-state index in [1.54, 1.807) is 0 Å². The van der Waals surface area contributed by atoms with E-state index >= 15 is 0 Å². The molecule has 0 spiro atoms. The lowest BCUT2D eigenvalue weighted by molar-refractivity contribution is -0.132. The van der Waals surface area contributed by atoms with E-state index in [-0.39, 0.29) is 11.3 Å². The fraction of sp³-hybridized carbons (Fsp3) is 0.750. The molecule has 3 rings (SSSR count). The molecule has 2 aliphatic heterocycles. The Bertz CT molecular complexity index is 484. The number of rotatable bonds is 3. The summed E-state index contributed by atoms with van der Waals surface area (Å²) < 4.78 is 2.07. The number of piperidine rings is 2. The third-order valence-electron chi connectivity index (χ3n) is 5.05. The lowest BCUT2D eigenvalue weighted by Crippen LogP contribution is -2.41. The van der Waals surface area contributed by atoms with Crippen LogP contribution in [0, 0.1) is 0 Å². The van der Waals surface area contributed by atoms with Gasteiger partial charge in [-0.05, 0) is 45.2 Å². The van der Waals surface area contributed by atoms with Crippen LogP contribution in [0.4, 0.5) is 0 Å². The number of imidazole rings is 1. The van der Waals surface area contributed by atoms with Gasteiger partial charge in [0.05, 0.1) is 6.33 Å². The summed E-state index contributed by atoms with van der Waals surface area (Å²) in [6.45, 7) is 6.67. The Balaban J connectivity index is 1.71. The van der Waals surface area contributed by atoms with Gasteiger partial charge in [-0.2, -0.15) is 0 Å². The average Bonchev–Trinajstić information content (AvgIpc) is 2.98. The summed E-state index contributed by atoms with van der Waals surface area (Å²) in [4.78, 5) is 18.8. The van der Waals surface area contributed by atoms with Gasteiger partial charge in [-0.3, -0.25) is 4.79 Å². The molecule has 1 aromatic rings. The van der Waals surface area contributed by atoms with Gasteiger partial charge in [0.1, 0.15) is 6.54 Å². The maximum Gasteiger partial charge on any atom is 0.242 e. The van der Waals surface area contributed by atoms with Gasteiger partial charge in [0.15, 0.2) is 0 Å². The van der Waals surface area contributed by atoms with Crippen LogP contribution >= 0.6 is 0 Å². The van der Waals surface area contributed by atoms with Crippen LogP contribution in [0.25, 0.3) is 0 Å². The van der Waals surface area contributed by atoms with Gasteiger partial charge in [-0.15, -0.1) is 0 Å². The summed E-state index contributed by atoms with van der Waals surface area (Å²) >= 11 is 0. The SMILES string of the molecule is CC1(c2cncn2CC(=O)N2CCCCC2)CCNCC1. The molecule has 0 saturated carbocycles. The second kappa shape index (κ2) is 6.18. The predicted molar refractivity (Wildman–Crippen MR) is 82.1 cm³/mol. The molecule has 1 amide bonds. The standard InChI is InChI=1S/C16H26N4O/c1-16(5-7-17-8-6-16)14-11-18-13-20(14)12-15(21)19-9-3-2-4-10-19/h11,13,17H,2-10,12H2,1H3. The predicted octanol–water partition coefficient (Wildman–Crippen LogP) is 1.54. The maximum absolute atomic E-state index is 12.5. The highest BCUT2D eigenvalue weighted by molar-refractivity contribution is 5.76. The second-order valence-electron chi connectivity index (χ2n) is 6.66. The van der Waals surface area contributed by atoms with E-state index in [9.17, 15) is 4.79 Å². The monoisotopic (exact) mass is 290 g/mol. The third kappa shape index (κ3) is 3.12. The van der Waals surface area contributed by atoms with Gasteiger partial charge in [0.2, 0.25) is 5.91 Å². The summed E-state index contributed by atoms with van der Waals surface area (Å²) in [7, 11) is 0. The zero-order valence-electron chi connectivity index (χ0n) is 13.0. The molecular formula is C16H26N4O. The Kier molecular flexibility index (Phi) is 4.29. The van der Waals surface area contributed by atoms with Gasteiger partial charge in [-0.25, -0.2) is 4.98 Å². The molecule has 0 atom stereocenters. The number of hydrogen-bond acceptors (Lipinski definition) is 3. The Morgan fingerprint density at radius 3 is 2.71 bits per heavy atom. The normalized spacial score (nSPS) is 22.2. The molecule has 1 aromatic heterocycles. The van der Waals surface area contributed by atoms with Crippen LogP contribution in [0.15, 0.2) is 12.5 Å². The van der Waals surface area contributed by atoms with Crippen LogP contribution in [0.2, 0.25) is 0 Å². The molecule has 5 nitrogen and oxygen atoms in total. The van der Waals surface area contributed by atoms with Crippen molar-refractivity contribution in [3.63, 3.8) is 0 Å². The smallest absolute Gasteiger partial charge is 0.242 e. The summed E-state index contributed by atoms with van der Waals surface area (Å²) in [6, 6.07) is 0. The maximum atomic E-state index is 12.5. The second-order valence-corrected chi connectivity index (χ2v) is 6.66. The number of hydrogen-bond donors (Lipinski definition) is 1. The van der Waals surface area contributed by atoms with Crippen molar-refractivity contribution in [2.24, 2.45) is 0 Å². The minimum atomic E-state index is 0.143. The topological polar surface area (TPSA) is 50.2 Å². The Morgan fingerprint density at radius 2 is 2.00 bits per heavy atom. The molecule has 0 unspecified atom stereocenters. The van der Waals surface area contributed by atoms with E-state index in [0.717, 1.165) is 51.9 Å². The zero-order valence-corrected chi connectivity index (χ0v) is 13.0. The Hall–Kier alpha value is -1.36. The number of nitrogens with zero attached hydrogens (tertiary/aromatic N) is 3. The fourth-order valence-electron chi connectivity index (χ4n) is 3.57. The first-order valence-corrected chi connectivity index (χ1v) is 8.18. The molecule has 0 aromatic carbocycles. The number of nitrogens with one attached hydrogen (secondary N) is 1. The minimum Gasteiger partial charge on any atom is -0.341 e. The highest BCUT2D eigenvalue weighted by Crippen LogP contribution is 2.32.